The van der Waals surface area contributed by atoms with Gasteiger partial charge in [-0.25, -0.2) is 8.51 Å². The van der Waals surface area contributed by atoms with Crippen molar-refractivity contribution in [2.45, 2.75) is 89.6 Å². The lowest BCUT2D eigenvalue weighted by Gasteiger charge is -2.29. The summed E-state index contributed by atoms with van der Waals surface area (Å²) in [7, 11) is 3.79. The molecule has 3 aromatic rings. The Morgan fingerprint density at radius 1 is 1.00 bits per heavy atom. The first-order valence-electron chi connectivity index (χ1n) is 18.3. The second kappa shape index (κ2) is 16.4. The number of hydrogen-bond donors (Lipinski definition) is 2. The first-order valence-corrected chi connectivity index (χ1v) is 19.3. The van der Waals surface area contributed by atoms with Crippen LogP contribution in [0, 0.1) is 5.92 Å². The third kappa shape index (κ3) is 8.31. The molecule has 0 amide bonds. The van der Waals surface area contributed by atoms with E-state index >= 15 is 0 Å². The van der Waals surface area contributed by atoms with Crippen molar-refractivity contribution in [2.24, 2.45) is 11.7 Å². The Kier molecular flexibility index (Phi) is 12.1. The van der Waals surface area contributed by atoms with Gasteiger partial charge >= 0.3 is 0 Å². The molecule has 2 aliphatic heterocycles. The van der Waals surface area contributed by atoms with Gasteiger partial charge < -0.3 is 24.8 Å². The number of likely N-dealkylation sites (N-methyl/N-ethyl adjacent to an activating group) is 2. The van der Waals surface area contributed by atoms with Crippen molar-refractivity contribution < 1.29 is 13.5 Å². The maximum Gasteiger partial charge on any atom is 0.234 e. The molecule has 1 saturated carbocycles. The predicted molar refractivity (Wildman–Crippen MR) is 194 cm³/mol. The fourth-order valence-corrected chi connectivity index (χ4v) is 8.55. The van der Waals surface area contributed by atoms with Crippen LogP contribution in [0.2, 0.25) is 0 Å². The summed E-state index contributed by atoms with van der Waals surface area (Å²) < 4.78 is 31.8. The molecule has 2 unspecified atom stereocenters. The summed E-state index contributed by atoms with van der Waals surface area (Å²) in [5.74, 6) is 2.05. The first-order chi connectivity index (χ1) is 22.9. The molecule has 1 saturated heterocycles. The molecule has 1 aromatic heterocycles. The third-order valence-corrected chi connectivity index (χ3v) is 11.7. The number of nitrogens with zero attached hydrogens (tertiary/aromatic N) is 4. The van der Waals surface area contributed by atoms with Crippen LogP contribution in [-0.4, -0.2) is 87.4 Å². The van der Waals surface area contributed by atoms with E-state index in [1.807, 2.05) is 0 Å². The van der Waals surface area contributed by atoms with E-state index in [2.05, 4.69) is 57.8 Å². The Balaban J connectivity index is 1.33. The van der Waals surface area contributed by atoms with Crippen LogP contribution < -0.4 is 10.5 Å². The molecule has 47 heavy (non-hydrogen) atoms. The standard InChI is InChI=1S/C38H57N5O3S/c1-40(23-24-41(2)47(44)45)19-9-11-30-27-43-35-25-29(26-39)17-18-33(35)36(31-12-4-3-5-13-31)37(43)34-16-8-14-32(38(34)46-28-30)15-10-22-42-20-6-7-21-42/h8,14,16-18,25,30-31H,3-7,9-13,15,19-24,26-28,39H2,1-2H3,(H,44,45). The summed E-state index contributed by atoms with van der Waals surface area (Å²) in [5, 5.41) is 1.40. The van der Waals surface area contributed by atoms with Crippen molar-refractivity contribution in [3.05, 3.63) is 53.1 Å². The predicted octanol–water partition coefficient (Wildman–Crippen LogP) is 6.63. The Morgan fingerprint density at radius 2 is 1.81 bits per heavy atom. The van der Waals surface area contributed by atoms with Crippen molar-refractivity contribution in [1.82, 2.24) is 18.7 Å². The van der Waals surface area contributed by atoms with Gasteiger partial charge in [-0.1, -0.05) is 43.5 Å². The minimum atomic E-state index is -1.92. The number of benzene rings is 2. The number of fused-ring (bicyclic) bond motifs is 5. The van der Waals surface area contributed by atoms with E-state index in [0.29, 0.717) is 31.5 Å². The van der Waals surface area contributed by atoms with Crippen LogP contribution in [0.25, 0.3) is 22.2 Å². The molecule has 2 aromatic carbocycles. The fraction of sp³-hybridized carbons (Fsp3) is 0.632. The molecule has 3 heterocycles. The maximum absolute atomic E-state index is 11.4. The summed E-state index contributed by atoms with van der Waals surface area (Å²) in [6, 6.07) is 13.9. The summed E-state index contributed by atoms with van der Waals surface area (Å²) in [6.45, 7) is 8.12. The number of nitrogens with two attached hydrogens (primary N) is 1. The second-order valence-corrected chi connectivity index (χ2v) is 15.5. The van der Waals surface area contributed by atoms with E-state index < -0.39 is 11.3 Å². The van der Waals surface area contributed by atoms with Crippen molar-refractivity contribution in [1.29, 1.82) is 0 Å². The molecule has 1 aliphatic carbocycles. The average Bonchev–Trinajstić information content (AvgIpc) is 3.71. The maximum atomic E-state index is 11.4. The molecule has 0 radical (unpaired) electrons. The summed E-state index contributed by atoms with van der Waals surface area (Å²) >= 11 is -1.92. The lowest BCUT2D eigenvalue weighted by molar-refractivity contribution is 0.208. The normalized spacial score (nSPS) is 19.9. The molecular formula is C38H57N5O3S. The molecule has 3 N–H and O–H groups in total. The van der Waals surface area contributed by atoms with Crippen LogP contribution in [0.4, 0.5) is 0 Å². The molecule has 258 valence electrons. The van der Waals surface area contributed by atoms with Crippen LogP contribution >= 0.6 is 0 Å². The van der Waals surface area contributed by atoms with Gasteiger partial charge in [-0.15, -0.1) is 0 Å². The van der Waals surface area contributed by atoms with Gasteiger partial charge in [0.15, 0.2) is 0 Å². The van der Waals surface area contributed by atoms with Gasteiger partial charge in [0, 0.05) is 55.6 Å². The van der Waals surface area contributed by atoms with Crippen molar-refractivity contribution in [2.75, 3.05) is 60.0 Å². The topological polar surface area (TPSA) is 87.2 Å². The zero-order valence-electron chi connectivity index (χ0n) is 28.8. The fourth-order valence-electron chi connectivity index (χ4n) is 8.31. The van der Waals surface area contributed by atoms with Crippen LogP contribution in [0.15, 0.2) is 36.4 Å². The monoisotopic (exact) mass is 663 g/mol. The molecule has 3 aliphatic rings. The lowest BCUT2D eigenvalue weighted by atomic mass is 9.81. The SMILES string of the molecule is CN(CCCC1COc2c(CCCN3CCCC3)cccc2-c2c(C3CCCCC3)c3ccc(CN)cc3n2C1)CCN(C)S(=O)O. The first kappa shape index (κ1) is 34.6. The highest BCUT2D eigenvalue weighted by atomic mass is 32.2. The summed E-state index contributed by atoms with van der Waals surface area (Å²) in [6.07, 6.45) is 13.4. The Bertz CT molecular complexity index is 1500. The molecule has 6 rings (SSSR count). The number of para-hydroxylation sites is 1. The zero-order chi connectivity index (χ0) is 32.8. The number of rotatable bonds is 14. The number of aromatic nitrogens is 1. The van der Waals surface area contributed by atoms with E-state index in [-0.39, 0.29) is 0 Å². The Morgan fingerprint density at radius 3 is 2.57 bits per heavy atom. The highest BCUT2D eigenvalue weighted by Gasteiger charge is 2.31. The molecule has 2 atom stereocenters. The Hall–Kier alpha value is -2.27. The van der Waals surface area contributed by atoms with E-state index in [4.69, 9.17) is 10.5 Å². The number of hydrogen-bond acceptors (Lipinski definition) is 5. The van der Waals surface area contributed by atoms with Crippen LogP contribution in [0.1, 0.15) is 86.8 Å². The minimum absolute atomic E-state index is 0.372. The minimum Gasteiger partial charge on any atom is -0.492 e. The van der Waals surface area contributed by atoms with E-state index in [1.54, 1.807) is 7.05 Å². The van der Waals surface area contributed by atoms with Gasteiger partial charge in [0.05, 0.1) is 12.3 Å². The van der Waals surface area contributed by atoms with E-state index in [9.17, 15) is 8.76 Å². The van der Waals surface area contributed by atoms with Gasteiger partial charge in [0.2, 0.25) is 11.3 Å². The third-order valence-electron chi connectivity index (χ3n) is 11.0. The van der Waals surface area contributed by atoms with Crippen LogP contribution in [0.5, 0.6) is 5.75 Å². The average molecular weight is 664 g/mol. The molecule has 2 fully saturated rings. The number of likely N-dealkylation sites (tertiary alicyclic amines) is 1. The van der Waals surface area contributed by atoms with E-state index in [0.717, 1.165) is 51.1 Å². The highest BCUT2D eigenvalue weighted by Crippen LogP contribution is 2.48. The van der Waals surface area contributed by atoms with Crippen LogP contribution in [0.3, 0.4) is 0 Å². The van der Waals surface area contributed by atoms with Gasteiger partial charge in [0.1, 0.15) is 5.75 Å². The van der Waals surface area contributed by atoms with E-state index in [1.165, 1.54) is 108 Å². The van der Waals surface area contributed by atoms with Gasteiger partial charge in [-0.3, -0.25) is 4.55 Å². The molecule has 0 spiro atoms. The zero-order valence-corrected chi connectivity index (χ0v) is 29.6. The van der Waals surface area contributed by atoms with Crippen molar-refractivity contribution >= 4 is 22.2 Å². The summed E-state index contributed by atoms with van der Waals surface area (Å²) in [5.41, 5.74) is 14.3. The largest absolute Gasteiger partial charge is 0.492 e. The van der Waals surface area contributed by atoms with Crippen molar-refractivity contribution in [3.63, 3.8) is 0 Å². The van der Waals surface area contributed by atoms with Gasteiger partial charge in [-0.2, -0.15) is 0 Å². The number of ether oxygens (including phenoxy) is 1. The van der Waals surface area contributed by atoms with Gasteiger partial charge in [-0.05, 0) is 119 Å². The molecule has 8 nitrogen and oxygen atoms in total. The van der Waals surface area contributed by atoms with Crippen LogP contribution in [-0.2, 0) is 30.8 Å². The quantitative estimate of drug-likeness (QED) is 0.188. The second-order valence-electron chi connectivity index (χ2n) is 14.4. The van der Waals surface area contributed by atoms with Crippen molar-refractivity contribution in [3.8, 4) is 17.0 Å². The molecule has 0 bridgehead atoms. The molecule has 9 heteroatoms. The smallest absolute Gasteiger partial charge is 0.234 e. The summed E-state index contributed by atoms with van der Waals surface area (Å²) in [4.78, 5) is 4.89. The molecular weight excluding hydrogens is 607 g/mol. The Labute approximate surface area is 285 Å². The highest BCUT2D eigenvalue weighted by molar-refractivity contribution is 7.76. The number of aryl methyl sites for hydroxylation is 1. The van der Waals surface area contributed by atoms with Gasteiger partial charge in [0.25, 0.3) is 0 Å². The lowest BCUT2D eigenvalue weighted by Crippen LogP contribution is -2.32.